The molecule has 2 heterocycles. The fraction of sp³-hybridized carbons (Fsp3) is 0.571. The number of rotatable bonds is 2. The van der Waals surface area contributed by atoms with Crippen molar-refractivity contribution in [1.82, 2.24) is 15.2 Å². The maximum absolute atomic E-state index is 5.64. The maximum atomic E-state index is 5.64. The van der Waals surface area contributed by atoms with Crippen LogP contribution in [-0.2, 0) is 0 Å². The van der Waals surface area contributed by atoms with Crippen molar-refractivity contribution in [2.24, 2.45) is 0 Å². The first-order chi connectivity index (χ1) is 8.66. The van der Waals surface area contributed by atoms with E-state index in [1.807, 2.05) is 13.8 Å². The predicted molar refractivity (Wildman–Crippen MR) is 69.5 cm³/mol. The van der Waals surface area contributed by atoms with E-state index in [4.69, 9.17) is 4.42 Å². The first-order valence-corrected chi connectivity index (χ1v) is 6.66. The molecule has 0 saturated heterocycles. The fourth-order valence-corrected chi connectivity index (χ4v) is 2.89. The van der Waals surface area contributed by atoms with Gasteiger partial charge in [0.25, 0.3) is 0 Å². The highest BCUT2D eigenvalue weighted by molar-refractivity contribution is 5.63. The highest BCUT2D eigenvalue weighted by Crippen LogP contribution is 2.34. The molecular formula is C14H19N3O. The van der Waals surface area contributed by atoms with Gasteiger partial charge in [-0.15, -0.1) is 0 Å². The van der Waals surface area contributed by atoms with Crippen molar-refractivity contribution in [2.75, 3.05) is 0 Å². The molecule has 1 aliphatic rings. The van der Waals surface area contributed by atoms with Gasteiger partial charge in [-0.2, -0.15) is 5.10 Å². The summed E-state index contributed by atoms with van der Waals surface area (Å²) in [6.45, 7) is 6.02. The first kappa shape index (κ1) is 11.5. The number of aromatic nitrogens is 3. The molecule has 0 spiro atoms. The molecule has 4 heteroatoms. The Kier molecular flexibility index (Phi) is 2.73. The van der Waals surface area contributed by atoms with E-state index in [-0.39, 0.29) is 0 Å². The molecule has 4 nitrogen and oxygen atoms in total. The summed E-state index contributed by atoms with van der Waals surface area (Å²) in [6, 6.07) is 0. The fourth-order valence-electron chi connectivity index (χ4n) is 2.89. The second kappa shape index (κ2) is 4.26. The van der Waals surface area contributed by atoms with Crippen LogP contribution in [0.1, 0.15) is 54.5 Å². The molecule has 1 saturated carbocycles. The molecule has 3 rings (SSSR count). The number of nitrogens with zero attached hydrogens (tertiary/aromatic N) is 2. The van der Waals surface area contributed by atoms with Crippen molar-refractivity contribution < 1.29 is 4.42 Å². The average molecular weight is 245 g/mol. The second-order valence-corrected chi connectivity index (χ2v) is 5.24. The van der Waals surface area contributed by atoms with Crippen molar-refractivity contribution >= 4 is 0 Å². The molecule has 1 N–H and O–H groups in total. The molecule has 96 valence electrons. The number of hydrogen-bond donors (Lipinski definition) is 1. The van der Waals surface area contributed by atoms with E-state index in [1.165, 1.54) is 25.7 Å². The van der Waals surface area contributed by atoms with Crippen molar-refractivity contribution in [3.8, 4) is 11.4 Å². The molecule has 2 aromatic rings. The Morgan fingerprint density at radius 2 is 1.83 bits per heavy atom. The first-order valence-electron chi connectivity index (χ1n) is 6.66. The summed E-state index contributed by atoms with van der Waals surface area (Å²) in [5, 5.41) is 7.48. The van der Waals surface area contributed by atoms with Gasteiger partial charge in [-0.1, -0.05) is 12.8 Å². The molecule has 0 aliphatic heterocycles. The molecule has 0 atom stereocenters. The standard InChI is InChI=1S/C14H19N3O/c1-8-9(2)18-10(3)12(8)14-15-13(16-17-14)11-6-4-5-7-11/h11H,4-7H2,1-3H3,(H,15,16,17). The number of hydrogen-bond acceptors (Lipinski definition) is 3. The van der Waals surface area contributed by atoms with Gasteiger partial charge in [0.15, 0.2) is 5.82 Å². The summed E-state index contributed by atoms with van der Waals surface area (Å²) in [6.07, 6.45) is 5.08. The Bertz CT molecular complexity index is 562. The minimum Gasteiger partial charge on any atom is -0.466 e. The van der Waals surface area contributed by atoms with Gasteiger partial charge in [-0.05, 0) is 33.6 Å². The highest BCUT2D eigenvalue weighted by Gasteiger charge is 2.23. The molecule has 18 heavy (non-hydrogen) atoms. The summed E-state index contributed by atoms with van der Waals surface area (Å²) in [4.78, 5) is 4.67. The smallest absolute Gasteiger partial charge is 0.184 e. The van der Waals surface area contributed by atoms with Crippen molar-refractivity contribution in [1.29, 1.82) is 0 Å². The third kappa shape index (κ3) is 1.76. The third-order valence-electron chi connectivity index (χ3n) is 4.03. The van der Waals surface area contributed by atoms with Crippen molar-refractivity contribution in [3.63, 3.8) is 0 Å². The predicted octanol–water partition coefficient (Wildman–Crippen LogP) is 3.65. The molecule has 0 bridgehead atoms. The molecular weight excluding hydrogens is 226 g/mol. The molecule has 0 amide bonds. The lowest BCUT2D eigenvalue weighted by molar-refractivity contribution is 0.503. The molecule has 2 aromatic heterocycles. The van der Waals surface area contributed by atoms with Crippen LogP contribution in [0.3, 0.4) is 0 Å². The zero-order valence-electron chi connectivity index (χ0n) is 11.2. The largest absolute Gasteiger partial charge is 0.466 e. The van der Waals surface area contributed by atoms with Crippen LogP contribution < -0.4 is 0 Å². The van der Waals surface area contributed by atoms with Crippen molar-refractivity contribution in [2.45, 2.75) is 52.4 Å². The number of aromatic amines is 1. The van der Waals surface area contributed by atoms with Crippen LogP contribution in [0, 0.1) is 20.8 Å². The van der Waals surface area contributed by atoms with Crippen LogP contribution in [0.2, 0.25) is 0 Å². The van der Waals surface area contributed by atoms with E-state index in [2.05, 4.69) is 22.1 Å². The zero-order valence-corrected chi connectivity index (χ0v) is 11.2. The number of H-pyrrole nitrogens is 1. The average Bonchev–Trinajstić information content (AvgIpc) is 3.01. The minimum absolute atomic E-state index is 0.569. The zero-order chi connectivity index (χ0) is 12.7. The lowest BCUT2D eigenvalue weighted by atomic mass is 10.1. The number of nitrogens with one attached hydrogen (secondary N) is 1. The molecule has 0 unspecified atom stereocenters. The van der Waals surface area contributed by atoms with E-state index >= 15 is 0 Å². The summed E-state index contributed by atoms with van der Waals surface area (Å²) in [7, 11) is 0. The summed E-state index contributed by atoms with van der Waals surface area (Å²) in [5.41, 5.74) is 2.19. The van der Waals surface area contributed by atoms with Gasteiger partial charge in [0.1, 0.15) is 17.3 Å². The van der Waals surface area contributed by atoms with E-state index < -0.39 is 0 Å². The molecule has 0 aromatic carbocycles. The number of furan rings is 1. The third-order valence-corrected chi connectivity index (χ3v) is 4.03. The van der Waals surface area contributed by atoms with Crippen LogP contribution in [0.15, 0.2) is 4.42 Å². The Morgan fingerprint density at radius 1 is 1.11 bits per heavy atom. The Balaban J connectivity index is 1.97. The summed E-state index contributed by atoms with van der Waals surface area (Å²) >= 11 is 0. The van der Waals surface area contributed by atoms with Crippen LogP contribution in [0.5, 0.6) is 0 Å². The summed E-state index contributed by atoms with van der Waals surface area (Å²) in [5.74, 6) is 4.25. The summed E-state index contributed by atoms with van der Waals surface area (Å²) < 4.78 is 5.64. The minimum atomic E-state index is 0.569. The van der Waals surface area contributed by atoms with Gasteiger partial charge in [0.2, 0.25) is 0 Å². The SMILES string of the molecule is Cc1oc(C)c(-c2n[nH]c(C3CCCC3)n2)c1C. The molecule has 1 fully saturated rings. The van der Waals surface area contributed by atoms with Crippen molar-refractivity contribution in [3.05, 3.63) is 22.9 Å². The van der Waals surface area contributed by atoms with Gasteiger partial charge in [-0.25, -0.2) is 4.98 Å². The lowest BCUT2D eigenvalue weighted by Crippen LogP contribution is -1.94. The quantitative estimate of drug-likeness (QED) is 0.878. The van der Waals surface area contributed by atoms with E-state index in [9.17, 15) is 0 Å². The molecule has 1 aliphatic carbocycles. The highest BCUT2D eigenvalue weighted by atomic mass is 16.3. The van der Waals surface area contributed by atoms with E-state index in [0.29, 0.717) is 5.92 Å². The van der Waals surface area contributed by atoms with Gasteiger partial charge < -0.3 is 4.42 Å². The van der Waals surface area contributed by atoms with Crippen LogP contribution in [0.25, 0.3) is 11.4 Å². The second-order valence-electron chi connectivity index (χ2n) is 5.24. The normalized spacial score (nSPS) is 16.6. The van der Waals surface area contributed by atoms with Crippen LogP contribution >= 0.6 is 0 Å². The van der Waals surface area contributed by atoms with Crippen LogP contribution in [-0.4, -0.2) is 15.2 Å². The van der Waals surface area contributed by atoms with E-state index in [1.54, 1.807) is 0 Å². The maximum Gasteiger partial charge on any atom is 0.184 e. The van der Waals surface area contributed by atoms with E-state index in [0.717, 1.165) is 34.3 Å². The Morgan fingerprint density at radius 3 is 2.44 bits per heavy atom. The Labute approximate surface area is 107 Å². The van der Waals surface area contributed by atoms with Gasteiger partial charge in [0, 0.05) is 11.5 Å². The van der Waals surface area contributed by atoms with Gasteiger partial charge >= 0.3 is 0 Å². The topological polar surface area (TPSA) is 54.7 Å². The monoisotopic (exact) mass is 245 g/mol. The molecule has 0 radical (unpaired) electrons. The Hall–Kier alpha value is -1.58. The van der Waals surface area contributed by atoms with Gasteiger partial charge in [0.05, 0.1) is 5.56 Å². The van der Waals surface area contributed by atoms with Crippen LogP contribution in [0.4, 0.5) is 0 Å². The van der Waals surface area contributed by atoms with Gasteiger partial charge in [-0.3, -0.25) is 5.10 Å². The lowest BCUT2D eigenvalue weighted by Gasteiger charge is -2.01. The number of aryl methyl sites for hydroxylation is 2.